The van der Waals surface area contributed by atoms with Gasteiger partial charge in [0.05, 0.1) is 28.9 Å². The molecule has 2 aliphatic rings. The largest absolute Gasteiger partial charge is 0.461 e. The summed E-state index contributed by atoms with van der Waals surface area (Å²) in [5.74, 6) is 0.832. The second kappa shape index (κ2) is 12.9. The molecule has 0 radical (unpaired) electrons. The Morgan fingerprint density at radius 3 is 2.30 bits per heavy atom. The average Bonchev–Trinajstić information content (AvgIpc) is 3.46. The number of aromatic nitrogens is 2. The van der Waals surface area contributed by atoms with E-state index in [9.17, 15) is 23.3 Å². The van der Waals surface area contributed by atoms with Crippen molar-refractivity contribution in [3.05, 3.63) is 99.9 Å². The van der Waals surface area contributed by atoms with Gasteiger partial charge in [-0.1, -0.05) is 29.8 Å². The number of aryl methyl sites for hydroxylation is 1. The van der Waals surface area contributed by atoms with Crippen LogP contribution in [0.2, 0.25) is 0 Å². The van der Waals surface area contributed by atoms with E-state index in [-0.39, 0.29) is 36.3 Å². The molecule has 1 atom stereocenters. The van der Waals surface area contributed by atoms with Crippen LogP contribution in [0.15, 0.2) is 77.7 Å². The van der Waals surface area contributed by atoms with Crippen molar-refractivity contribution >= 4 is 27.4 Å². The van der Waals surface area contributed by atoms with Gasteiger partial charge >= 0.3 is 5.97 Å². The number of rotatable bonds is 9. The Morgan fingerprint density at radius 1 is 1.00 bits per heavy atom. The van der Waals surface area contributed by atoms with Crippen LogP contribution < -0.4 is 10.1 Å². The van der Waals surface area contributed by atoms with E-state index in [1.54, 1.807) is 11.6 Å². The number of anilines is 1. The highest BCUT2D eigenvalue weighted by atomic mass is 32.2. The number of ether oxygens (including phenoxy) is 2. The number of piperazine rings is 1. The number of fused-ring (bicyclic) bond motifs is 1. The Bertz CT molecular complexity index is 1850. The van der Waals surface area contributed by atoms with Crippen LogP contribution in [-0.4, -0.2) is 77.6 Å². The molecule has 46 heavy (non-hydrogen) atoms. The Balaban J connectivity index is 1.25. The van der Waals surface area contributed by atoms with Gasteiger partial charge in [0.2, 0.25) is 10.0 Å². The second-order valence-electron chi connectivity index (χ2n) is 11.0. The Kier molecular flexibility index (Phi) is 8.75. The summed E-state index contributed by atoms with van der Waals surface area (Å²) in [6, 6.07) is 20.2. The van der Waals surface area contributed by atoms with Crippen LogP contribution in [0, 0.1) is 17.0 Å². The molecule has 0 bridgehead atoms. The van der Waals surface area contributed by atoms with Crippen molar-refractivity contribution in [2.75, 3.05) is 44.6 Å². The Morgan fingerprint density at radius 2 is 1.65 bits per heavy atom. The third-order valence-corrected chi connectivity index (χ3v) is 10.1. The molecule has 1 fully saturated rings. The maximum absolute atomic E-state index is 13.4. The van der Waals surface area contributed by atoms with E-state index in [1.807, 2.05) is 55.5 Å². The Labute approximate surface area is 266 Å². The lowest BCUT2D eigenvalue weighted by atomic mass is 10.0. The number of nitrogens with one attached hydrogen (secondary N) is 1. The molecule has 14 heteroatoms. The zero-order chi connectivity index (χ0) is 32.4. The molecular formula is C32H34N6O7S. The van der Waals surface area contributed by atoms with Crippen LogP contribution in [0.1, 0.15) is 41.1 Å². The van der Waals surface area contributed by atoms with Gasteiger partial charge in [0.15, 0.2) is 10.6 Å². The van der Waals surface area contributed by atoms with Gasteiger partial charge in [0.25, 0.3) is 5.69 Å². The minimum absolute atomic E-state index is 0.154. The second-order valence-corrected chi connectivity index (χ2v) is 13.0. The quantitative estimate of drug-likeness (QED) is 0.151. The number of nitro benzene ring substituents is 1. The van der Waals surface area contributed by atoms with Crippen molar-refractivity contribution in [2.45, 2.75) is 31.2 Å². The predicted molar refractivity (Wildman–Crippen MR) is 170 cm³/mol. The maximum Gasteiger partial charge on any atom is 0.359 e. The highest BCUT2D eigenvalue weighted by molar-refractivity contribution is 7.89. The number of sulfonamides is 1. The van der Waals surface area contributed by atoms with E-state index in [4.69, 9.17) is 14.6 Å². The van der Waals surface area contributed by atoms with Crippen molar-refractivity contribution in [2.24, 2.45) is 0 Å². The molecule has 3 heterocycles. The summed E-state index contributed by atoms with van der Waals surface area (Å²) < 4.78 is 41.1. The van der Waals surface area contributed by atoms with Crippen molar-refractivity contribution in [1.82, 2.24) is 19.0 Å². The summed E-state index contributed by atoms with van der Waals surface area (Å²) in [6.07, 6.45) is 0.687. The molecule has 6 rings (SSSR count). The fourth-order valence-corrected chi connectivity index (χ4v) is 7.44. The number of esters is 1. The van der Waals surface area contributed by atoms with Gasteiger partial charge in [0.1, 0.15) is 17.2 Å². The third-order valence-electron chi connectivity index (χ3n) is 8.15. The molecule has 240 valence electrons. The van der Waals surface area contributed by atoms with Crippen LogP contribution in [0.3, 0.4) is 0 Å². The van der Waals surface area contributed by atoms with E-state index in [0.717, 1.165) is 5.56 Å². The number of benzene rings is 3. The van der Waals surface area contributed by atoms with Gasteiger partial charge in [-0.2, -0.15) is 9.40 Å². The van der Waals surface area contributed by atoms with Crippen LogP contribution in [0.4, 0.5) is 11.4 Å². The number of hydrogen-bond donors (Lipinski definition) is 1. The van der Waals surface area contributed by atoms with Gasteiger partial charge in [-0.15, -0.1) is 0 Å². The molecule has 0 amide bonds. The summed E-state index contributed by atoms with van der Waals surface area (Å²) in [6.45, 7) is 5.61. The first-order valence-corrected chi connectivity index (χ1v) is 16.5. The monoisotopic (exact) mass is 646 g/mol. The molecule has 0 saturated carbocycles. The molecule has 1 saturated heterocycles. The number of carbonyl (C=O) groups is 1. The molecule has 1 aromatic heterocycles. The lowest BCUT2D eigenvalue weighted by molar-refractivity contribution is -0.387. The minimum atomic E-state index is -4.07. The topological polar surface area (TPSA) is 149 Å². The highest BCUT2D eigenvalue weighted by Gasteiger charge is 2.39. The summed E-state index contributed by atoms with van der Waals surface area (Å²) in [5.41, 5.74) is 2.88. The lowest BCUT2D eigenvalue weighted by Gasteiger charge is -2.39. The number of carbonyl (C=O) groups excluding carboxylic acids is 1. The van der Waals surface area contributed by atoms with E-state index in [2.05, 4.69) is 10.2 Å². The zero-order valence-electron chi connectivity index (χ0n) is 25.5. The molecule has 0 aliphatic carbocycles. The average molecular weight is 647 g/mol. The normalized spacial score (nSPS) is 17.1. The van der Waals surface area contributed by atoms with Gasteiger partial charge < -0.3 is 14.8 Å². The predicted octanol–water partition coefficient (Wildman–Crippen LogP) is 4.92. The van der Waals surface area contributed by atoms with Crippen LogP contribution in [-0.2, 0) is 14.8 Å². The molecule has 2 aliphatic heterocycles. The minimum Gasteiger partial charge on any atom is -0.461 e. The van der Waals surface area contributed by atoms with Crippen molar-refractivity contribution < 1.29 is 27.6 Å². The van der Waals surface area contributed by atoms with Crippen molar-refractivity contribution in [3.63, 3.8) is 0 Å². The van der Waals surface area contributed by atoms with Crippen molar-refractivity contribution in [3.8, 4) is 17.2 Å². The molecule has 0 unspecified atom stereocenters. The first-order chi connectivity index (χ1) is 22.2. The highest BCUT2D eigenvalue weighted by Crippen LogP contribution is 2.38. The van der Waals surface area contributed by atoms with Gasteiger partial charge in [-0.25, -0.2) is 17.9 Å². The smallest absolute Gasteiger partial charge is 0.359 e. The molecule has 4 aromatic rings. The van der Waals surface area contributed by atoms with Gasteiger partial charge in [-0.3, -0.25) is 15.0 Å². The Hall–Kier alpha value is -4.79. The number of nitro groups is 1. The third kappa shape index (κ3) is 6.06. The van der Waals surface area contributed by atoms with Gasteiger partial charge in [-0.05, 0) is 62.7 Å². The summed E-state index contributed by atoms with van der Waals surface area (Å²) in [7, 11) is -4.07. The first kappa shape index (κ1) is 31.2. The number of hydrogen-bond acceptors (Lipinski definition) is 10. The number of nitrogens with zero attached hydrogens (tertiary/aromatic N) is 5. The van der Waals surface area contributed by atoms with E-state index >= 15 is 0 Å². The molecular weight excluding hydrogens is 612 g/mol. The summed E-state index contributed by atoms with van der Waals surface area (Å²) in [5, 5.41) is 19.8. The zero-order valence-corrected chi connectivity index (χ0v) is 26.3. The van der Waals surface area contributed by atoms with Gasteiger partial charge in [0, 0.05) is 38.8 Å². The molecule has 1 N–H and O–H groups in total. The number of para-hydroxylation sites is 1. The van der Waals surface area contributed by atoms with E-state index in [0.29, 0.717) is 54.6 Å². The SMILES string of the molecule is CCOC(=O)c1c2c(nn1-c1ccc(Oc3ccc(C)cc3)cc1)[C@H](N1CCN(S(=O)(=O)c3ccccc3[N+](=O)[O-])CC1)CCN2. The van der Waals surface area contributed by atoms with Crippen LogP contribution >= 0.6 is 0 Å². The fraction of sp³-hybridized carbons (Fsp3) is 0.312. The molecule has 3 aromatic carbocycles. The fourth-order valence-electron chi connectivity index (χ4n) is 5.86. The standard InChI is InChI=1S/C32H34N6O7S/c1-3-44-32(39)31-30-29(34-37(31)23-10-14-25(15-11-23)45-24-12-8-22(2)9-13-24)27(16-17-33-30)35-18-20-36(21-19-35)46(42,43)28-7-5-4-6-26(28)38(40)41/h4-15,27,33H,3,16-21H2,1-2H3/t27-/m1/s1. The van der Waals surface area contributed by atoms with E-state index in [1.165, 1.54) is 28.6 Å². The van der Waals surface area contributed by atoms with E-state index < -0.39 is 26.6 Å². The maximum atomic E-state index is 13.4. The summed E-state index contributed by atoms with van der Waals surface area (Å²) in [4.78, 5) is 25.9. The van der Waals surface area contributed by atoms with Crippen LogP contribution in [0.25, 0.3) is 5.69 Å². The molecule has 13 nitrogen and oxygen atoms in total. The van der Waals surface area contributed by atoms with Crippen molar-refractivity contribution in [1.29, 1.82) is 0 Å². The lowest BCUT2D eigenvalue weighted by Crippen LogP contribution is -2.50. The molecule has 0 spiro atoms. The van der Waals surface area contributed by atoms with Crippen LogP contribution in [0.5, 0.6) is 11.5 Å². The first-order valence-electron chi connectivity index (χ1n) is 15.0. The summed E-state index contributed by atoms with van der Waals surface area (Å²) >= 11 is 0.